The van der Waals surface area contributed by atoms with Gasteiger partial charge in [0.05, 0.1) is 28.5 Å². The number of nitriles is 1. The predicted molar refractivity (Wildman–Crippen MR) is 113 cm³/mol. The Kier molecular flexibility index (Phi) is 5.91. The highest BCUT2D eigenvalue weighted by molar-refractivity contribution is 6.31. The van der Waals surface area contributed by atoms with Crippen molar-refractivity contribution in [1.82, 2.24) is 9.47 Å². The van der Waals surface area contributed by atoms with Crippen molar-refractivity contribution in [3.8, 4) is 6.07 Å². The summed E-state index contributed by atoms with van der Waals surface area (Å²) in [6.45, 7) is -1.14. The topological polar surface area (TPSA) is 32.0 Å². The van der Waals surface area contributed by atoms with E-state index in [1.165, 1.54) is 6.42 Å². The number of aromatic nitrogens is 1. The van der Waals surface area contributed by atoms with Gasteiger partial charge < -0.3 is 9.47 Å². The highest BCUT2D eigenvalue weighted by atomic mass is 35.5. The molecule has 0 amide bonds. The number of rotatable bonds is 5. The van der Waals surface area contributed by atoms with E-state index in [0.29, 0.717) is 22.8 Å². The fourth-order valence-corrected chi connectivity index (χ4v) is 4.84. The monoisotopic (exact) mass is 415 g/mol. The summed E-state index contributed by atoms with van der Waals surface area (Å²) in [5, 5.41) is 11.4. The van der Waals surface area contributed by atoms with E-state index in [4.69, 9.17) is 11.6 Å². The molecule has 1 aromatic heterocycles. The third-order valence-electron chi connectivity index (χ3n) is 6.06. The van der Waals surface area contributed by atoms with Gasteiger partial charge in [-0.1, -0.05) is 43.0 Å². The molecule has 3 nitrogen and oxygen atoms in total. The molecule has 6 heteroatoms. The molecule has 1 saturated carbocycles. The second-order valence-corrected chi connectivity index (χ2v) is 8.19. The molecule has 152 valence electrons. The minimum Gasteiger partial charge on any atom is -0.358 e. The molecule has 0 N–H and O–H groups in total. The third kappa shape index (κ3) is 3.55. The summed E-state index contributed by atoms with van der Waals surface area (Å²) in [5.74, 6) is 0. The number of nitrogens with zero attached hydrogens (tertiary/aromatic N) is 3. The van der Waals surface area contributed by atoms with Crippen LogP contribution in [0.5, 0.6) is 0 Å². The van der Waals surface area contributed by atoms with Crippen LogP contribution in [-0.4, -0.2) is 35.4 Å². The number of hydrogen-bond acceptors (Lipinski definition) is 2. The van der Waals surface area contributed by atoms with Crippen molar-refractivity contribution in [3.05, 3.63) is 52.7 Å². The molecule has 0 bridgehead atoms. The van der Waals surface area contributed by atoms with Crippen molar-refractivity contribution in [2.24, 2.45) is 0 Å². The number of fused-ring (bicyclic) bond motifs is 1. The number of halogens is 3. The fraction of sp³-hybridized carbons (Fsp3) is 0.435. The molecule has 29 heavy (non-hydrogen) atoms. The lowest BCUT2D eigenvalue weighted by Gasteiger charge is -2.35. The van der Waals surface area contributed by atoms with Crippen LogP contribution in [-0.2, 0) is 0 Å². The first-order chi connectivity index (χ1) is 14.2. The van der Waals surface area contributed by atoms with E-state index in [9.17, 15) is 14.0 Å². The van der Waals surface area contributed by atoms with Gasteiger partial charge >= 0.3 is 0 Å². The summed E-state index contributed by atoms with van der Waals surface area (Å²) >= 11 is 6.25. The maximum atomic E-state index is 13.6. The highest BCUT2D eigenvalue weighted by Gasteiger charge is 2.31. The van der Waals surface area contributed by atoms with Gasteiger partial charge in [0.2, 0.25) is 0 Å². The van der Waals surface area contributed by atoms with E-state index in [0.717, 1.165) is 42.3 Å². The summed E-state index contributed by atoms with van der Waals surface area (Å²) < 4.78 is 29.4. The lowest BCUT2D eigenvalue weighted by atomic mass is 9.94. The lowest BCUT2D eigenvalue weighted by Crippen LogP contribution is -2.39. The molecule has 0 saturated heterocycles. The van der Waals surface area contributed by atoms with Crippen molar-refractivity contribution in [1.29, 1.82) is 5.26 Å². The first kappa shape index (κ1) is 20.0. The average molecular weight is 416 g/mol. The number of hydrogen-bond donors (Lipinski definition) is 0. The van der Waals surface area contributed by atoms with Crippen LogP contribution in [0.15, 0.2) is 36.4 Å². The van der Waals surface area contributed by atoms with Gasteiger partial charge in [-0.25, -0.2) is 8.78 Å². The third-order valence-corrected chi connectivity index (χ3v) is 6.29. The summed E-state index contributed by atoms with van der Waals surface area (Å²) in [6, 6.07) is 7.38. The molecule has 1 fully saturated rings. The Morgan fingerprint density at radius 3 is 2.62 bits per heavy atom. The van der Waals surface area contributed by atoms with Gasteiger partial charge in [-0.05, 0) is 37.1 Å². The summed E-state index contributed by atoms with van der Waals surface area (Å²) in [6.07, 6.45) is 11.2. The van der Waals surface area contributed by atoms with Crippen LogP contribution in [0.3, 0.4) is 0 Å². The largest absolute Gasteiger partial charge is 0.358 e. The van der Waals surface area contributed by atoms with Crippen molar-refractivity contribution in [3.63, 3.8) is 0 Å². The molecule has 1 aliphatic carbocycles. The van der Waals surface area contributed by atoms with E-state index in [2.05, 4.69) is 10.6 Å². The molecule has 2 heterocycles. The van der Waals surface area contributed by atoms with Crippen molar-refractivity contribution >= 4 is 28.2 Å². The number of benzene rings is 1. The Hall–Kier alpha value is -2.32. The maximum absolute atomic E-state index is 13.6. The van der Waals surface area contributed by atoms with Crippen LogP contribution in [0.25, 0.3) is 16.6 Å². The Balaban J connectivity index is 1.98. The summed E-state index contributed by atoms with van der Waals surface area (Å²) in [5.41, 5.74) is 2.95. The number of alkyl halides is 2. The van der Waals surface area contributed by atoms with Crippen LogP contribution >= 0.6 is 11.6 Å². The van der Waals surface area contributed by atoms with Crippen LogP contribution in [0, 0.1) is 11.3 Å². The van der Waals surface area contributed by atoms with Gasteiger partial charge in [-0.3, -0.25) is 0 Å². The summed E-state index contributed by atoms with van der Waals surface area (Å²) in [7, 11) is 0. The quantitative estimate of drug-likeness (QED) is 0.583. The molecule has 2 aromatic rings. The Labute approximate surface area is 174 Å². The van der Waals surface area contributed by atoms with Crippen molar-refractivity contribution < 1.29 is 8.78 Å². The van der Waals surface area contributed by atoms with Crippen molar-refractivity contribution in [2.45, 2.75) is 44.2 Å². The Morgan fingerprint density at radius 2 is 1.93 bits per heavy atom. The molecular weight excluding hydrogens is 392 g/mol. The average Bonchev–Trinajstić information content (AvgIpc) is 3.08. The molecule has 2 aliphatic rings. The second-order valence-electron chi connectivity index (χ2n) is 7.75. The number of allylic oxidation sites excluding steroid dienone is 2. The van der Waals surface area contributed by atoms with Gasteiger partial charge in [-0.2, -0.15) is 5.26 Å². The van der Waals surface area contributed by atoms with Gasteiger partial charge in [0.25, 0.3) is 0 Å². The zero-order chi connectivity index (χ0) is 20.4. The molecule has 0 spiro atoms. The van der Waals surface area contributed by atoms with Gasteiger partial charge in [0.15, 0.2) is 0 Å². The van der Waals surface area contributed by atoms with E-state index < -0.39 is 19.4 Å². The summed E-state index contributed by atoms with van der Waals surface area (Å²) in [4.78, 5) is 1.75. The predicted octanol–water partition coefficient (Wildman–Crippen LogP) is 6.19. The minimum atomic E-state index is -0.862. The van der Waals surface area contributed by atoms with E-state index in [1.807, 2.05) is 36.4 Å². The van der Waals surface area contributed by atoms with Crippen LogP contribution in [0.2, 0.25) is 5.02 Å². The Bertz CT molecular complexity index is 992. The molecule has 1 aliphatic heterocycles. The minimum absolute atomic E-state index is 0.257. The standard InChI is InChI=1S/C23H24ClF2N3/c24-16-9-10-21-19(12-16)20(15-27)23(29(21)17-6-2-1-3-7-17)22-8-4-5-11-28(22)18(13-25)14-26/h4-5,8-10,12,17-18H,1-3,6-7,11,13-14H2. The Morgan fingerprint density at radius 1 is 1.17 bits per heavy atom. The fourth-order valence-electron chi connectivity index (χ4n) is 4.67. The van der Waals surface area contributed by atoms with E-state index in [1.54, 1.807) is 4.90 Å². The molecule has 0 unspecified atom stereocenters. The second kappa shape index (κ2) is 8.59. The smallest absolute Gasteiger partial charge is 0.112 e. The first-order valence-electron chi connectivity index (χ1n) is 10.2. The van der Waals surface area contributed by atoms with Crippen LogP contribution in [0.4, 0.5) is 8.78 Å². The zero-order valence-corrected chi connectivity index (χ0v) is 17.0. The SMILES string of the molecule is N#Cc1c(C2=CC=CCN2C(CF)CF)n(C2CCCCC2)c2ccc(Cl)cc12. The van der Waals surface area contributed by atoms with Crippen LogP contribution in [0.1, 0.15) is 49.4 Å². The van der Waals surface area contributed by atoms with Crippen LogP contribution < -0.4 is 0 Å². The normalized spacial score (nSPS) is 17.8. The van der Waals surface area contributed by atoms with E-state index in [-0.39, 0.29) is 6.04 Å². The maximum Gasteiger partial charge on any atom is 0.112 e. The van der Waals surface area contributed by atoms with Gasteiger partial charge in [0, 0.05) is 23.0 Å². The van der Waals surface area contributed by atoms with E-state index >= 15 is 0 Å². The highest BCUT2D eigenvalue weighted by Crippen LogP contribution is 2.41. The van der Waals surface area contributed by atoms with Crippen molar-refractivity contribution in [2.75, 3.05) is 19.9 Å². The molecule has 0 radical (unpaired) electrons. The van der Waals surface area contributed by atoms with Gasteiger partial charge in [0.1, 0.15) is 19.4 Å². The molecule has 4 rings (SSSR count). The molecule has 1 aromatic carbocycles. The zero-order valence-electron chi connectivity index (χ0n) is 16.3. The molecular formula is C23H24ClF2N3. The first-order valence-corrected chi connectivity index (χ1v) is 10.6. The molecule has 0 atom stereocenters. The van der Waals surface area contributed by atoms with Gasteiger partial charge in [-0.15, -0.1) is 0 Å². The lowest BCUT2D eigenvalue weighted by molar-refractivity contribution is 0.211.